The molecule has 3 nitrogen and oxygen atoms in total. The number of rotatable bonds is 4. The summed E-state index contributed by atoms with van der Waals surface area (Å²) < 4.78 is 1.62. The molecule has 0 aliphatic heterocycles. The van der Waals surface area contributed by atoms with E-state index < -0.39 is 0 Å². The van der Waals surface area contributed by atoms with Gasteiger partial charge in [-0.05, 0) is 37.3 Å². The fourth-order valence-corrected chi connectivity index (χ4v) is 2.99. The topological polar surface area (TPSA) is 34.9 Å². The molecule has 1 aromatic heterocycles. The molecule has 0 N–H and O–H groups in total. The predicted molar refractivity (Wildman–Crippen MR) is 84.9 cm³/mol. The van der Waals surface area contributed by atoms with E-state index in [0.717, 1.165) is 33.2 Å². The van der Waals surface area contributed by atoms with E-state index in [4.69, 9.17) is 11.6 Å². The third kappa shape index (κ3) is 3.07. The van der Waals surface area contributed by atoms with Gasteiger partial charge in [0.05, 0.1) is 23.6 Å². The molecule has 5 heteroatoms. The summed E-state index contributed by atoms with van der Waals surface area (Å²) in [7, 11) is 0. The Morgan fingerprint density at radius 2 is 2.15 bits per heavy atom. The Bertz CT molecular complexity index is 682. The third-order valence-electron chi connectivity index (χ3n) is 3.27. The van der Waals surface area contributed by atoms with E-state index in [9.17, 15) is 4.79 Å². The molecule has 0 spiro atoms. The van der Waals surface area contributed by atoms with E-state index in [2.05, 4.69) is 4.98 Å². The number of hydrogen-bond acceptors (Lipinski definition) is 3. The van der Waals surface area contributed by atoms with Crippen LogP contribution < -0.4 is 5.56 Å². The van der Waals surface area contributed by atoms with Gasteiger partial charge < -0.3 is 0 Å². The summed E-state index contributed by atoms with van der Waals surface area (Å²) in [5, 5.41) is 0.720. The minimum Gasteiger partial charge on any atom is -0.295 e. The summed E-state index contributed by atoms with van der Waals surface area (Å²) in [6, 6.07) is 5.88. The molecule has 0 bridgehead atoms. The van der Waals surface area contributed by atoms with Crippen molar-refractivity contribution in [1.82, 2.24) is 9.55 Å². The average molecular weight is 309 g/mol. The van der Waals surface area contributed by atoms with Gasteiger partial charge in [-0.3, -0.25) is 9.36 Å². The van der Waals surface area contributed by atoms with Crippen molar-refractivity contribution in [3.63, 3.8) is 0 Å². The van der Waals surface area contributed by atoms with E-state index >= 15 is 0 Å². The Balaban J connectivity index is 2.33. The number of thioether (sulfide) groups is 1. The third-order valence-corrected chi connectivity index (χ3v) is 4.49. The van der Waals surface area contributed by atoms with Crippen LogP contribution >= 0.6 is 23.4 Å². The van der Waals surface area contributed by atoms with Crippen molar-refractivity contribution >= 4 is 23.4 Å². The first kappa shape index (κ1) is 15.1. The van der Waals surface area contributed by atoms with E-state index in [1.807, 2.05) is 38.3 Å². The van der Waals surface area contributed by atoms with Crippen molar-refractivity contribution in [2.45, 2.75) is 31.7 Å². The monoisotopic (exact) mass is 308 g/mol. The largest absolute Gasteiger partial charge is 0.295 e. The molecule has 0 saturated carbocycles. The van der Waals surface area contributed by atoms with Crippen LogP contribution in [-0.2, 0) is 13.0 Å². The maximum atomic E-state index is 12.2. The Hall–Kier alpha value is -1.26. The molecule has 2 rings (SSSR count). The zero-order chi connectivity index (χ0) is 14.7. The highest BCUT2D eigenvalue weighted by molar-refractivity contribution is 7.98. The highest BCUT2D eigenvalue weighted by Gasteiger charge is 2.07. The van der Waals surface area contributed by atoms with Crippen molar-refractivity contribution in [3.05, 3.63) is 56.7 Å². The van der Waals surface area contributed by atoms with Crippen molar-refractivity contribution in [2.24, 2.45) is 0 Å². The van der Waals surface area contributed by atoms with Crippen molar-refractivity contribution in [3.8, 4) is 0 Å². The molecule has 1 heterocycles. The molecule has 0 saturated heterocycles. The predicted octanol–water partition coefficient (Wildman–Crippen LogP) is 3.54. The van der Waals surface area contributed by atoms with Crippen LogP contribution in [0.5, 0.6) is 0 Å². The Morgan fingerprint density at radius 3 is 2.75 bits per heavy atom. The highest BCUT2D eigenvalue weighted by atomic mass is 35.5. The van der Waals surface area contributed by atoms with Crippen LogP contribution in [0.15, 0.2) is 34.2 Å². The lowest BCUT2D eigenvalue weighted by Gasteiger charge is -2.10. The zero-order valence-corrected chi connectivity index (χ0v) is 13.4. The summed E-state index contributed by atoms with van der Waals surface area (Å²) in [4.78, 5) is 17.6. The van der Waals surface area contributed by atoms with Crippen LogP contribution in [0.4, 0.5) is 0 Å². The van der Waals surface area contributed by atoms with Gasteiger partial charge in [0.2, 0.25) is 0 Å². The second-order valence-electron chi connectivity index (χ2n) is 4.57. The Labute approximate surface area is 128 Å². The van der Waals surface area contributed by atoms with Gasteiger partial charge in [-0.2, -0.15) is 0 Å². The SMILES string of the molecule is CCc1ncn(Cc2ccc(SC)c(Cl)c2)c(=O)c1C. The van der Waals surface area contributed by atoms with Gasteiger partial charge >= 0.3 is 0 Å². The average Bonchev–Trinajstić information content (AvgIpc) is 2.44. The fourth-order valence-electron chi connectivity index (χ4n) is 2.10. The molecule has 0 radical (unpaired) electrons. The summed E-state index contributed by atoms with van der Waals surface area (Å²) in [5.41, 5.74) is 2.60. The van der Waals surface area contributed by atoms with Gasteiger partial charge in [-0.15, -0.1) is 11.8 Å². The minimum absolute atomic E-state index is 0.0157. The minimum atomic E-state index is 0.0157. The quantitative estimate of drug-likeness (QED) is 0.810. The van der Waals surface area contributed by atoms with Gasteiger partial charge in [0.25, 0.3) is 5.56 Å². The van der Waals surface area contributed by atoms with Gasteiger partial charge in [-0.1, -0.05) is 24.6 Å². The molecule has 0 fully saturated rings. The lowest BCUT2D eigenvalue weighted by molar-refractivity contribution is 0.714. The van der Waals surface area contributed by atoms with Crippen LogP contribution in [-0.4, -0.2) is 15.8 Å². The molecule has 0 unspecified atom stereocenters. The smallest absolute Gasteiger partial charge is 0.256 e. The van der Waals surface area contributed by atoms with E-state index in [1.165, 1.54) is 0 Å². The molecule has 0 aliphatic carbocycles. The maximum Gasteiger partial charge on any atom is 0.256 e. The molecule has 106 valence electrons. The summed E-state index contributed by atoms with van der Waals surface area (Å²) in [5.74, 6) is 0. The second-order valence-corrected chi connectivity index (χ2v) is 5.83. The molecular weight excluding hydrogens is 292 g/mol. The molecule has 1 aromatic carbocycles. The van der Waals surface area contributed by atoms with E-state index in [-0.39, 0.29) is 5.56 Å². The summed E-state index contributed by atoms with van der Waals surface area (Å²) >= 11 is 7.80. The lowest BCUT2D eigenvalue weighted by Crippen LogP contribution is -2.24. The first-order chi connectivity index (χ1) is 9.56. The fraction of sp³-hybridized carbons (Fsp3) is 0.333. The van der Waals surface area contributed by atoms with Gasteiger partial charge in [0, 0.05) is 10.5 Å². The van der Waals surface area contributed by atoms with Crippen molar-refractivity contribution in [1.29, 1.82) is 0 Å². The normalized spacial score (nSPS) is 10.8. The van der Waals surface area contributed by atoms with Crippen LogP contribution in [0.3, 0.4) is 0 Å². The van der Waals surface area contributed by atoms with E-state index in [1.54, 1.807) is 22.7 Å². The molecule has 2 aromatic rings. The van der Waals surface area contributed by atoms with Crippen molar-refractivity contribution in [2.75, 3.05) is 6.26 Å². The standard InChI is InChI=1S/C15H17ClN2OS/c1-4-13-10(2)15(19)18(9-17-13)8-11-5-6-14(20-3)12(16)7-11/h5-7,9H,4,8H2,1-3H3. The Kier molecular flexibility index (Phi) is 4.89. The van der Waals surface area contributed by atoms with Crippen LogP contribution in [0.1, 0.15) is 23.7 Å². The number of aromatic nitrogens is 2. The second kappa shape index (κ2) is 6.46. The Morgan fingerprint density at radius 1 is 1.40 bits per heavy atom. The molecule has 0 amide bonds. The van der Waals surface area contributed by atoms with Crippen LogP contribution in [0, 0.1) is 6.92 Å². The molecular formula is C15H17ClN2OS. The van der Waals surface area contributed by atoms with Crippen LogP contribution in [0.25, 0.3) is 0 Å². The molecule has 0 aliphatic rings. The summed E-state index contributed by atoms with van der Waals surface area (Å²) in [6.45, 7) is 4.32. The molecule has 20 heavy (non-hydrogen) atoms. The van der Waals surface area contributed by atoms with Crippen LogP contribution in [0.2, 0.25) is 5.02 Å². The van der Waals surface area contributed by atoms with Gasteiger partial charge in [-0.25, -0.2) is 4.98 Å². The molecule has 0 atom stereocenters. The van der Waals surface area contributed by atoms with Crippen molar-refractivity contribution < 1.29 is 0 Å². The first-order valence-electron chi connectivity index (χ1n) is 6.44. The number of aryl methyl sites for hydroxylation is 1. The maximum absolute atomic E-state index is 12.2. The zero-order valence-electron chi connectivity index (χ0n) is 11.8. The van der Waals surface area contributed by atoms with E-state index in [0.29, 0.717) is 6.54 Å². The first-order valence-corrected chi connectivity index (χ1v) is 8.04. The number of nitrogens with zero attached hydrogens (tertiary/aromatic N) is 2. The van der Waals surface area contributed by atoms with Gasteiger partial charge in [0.1, 0.15) is 0 Å². The lowest BCUT2D eigenvalue weighted by atomic mass is 10.2. The number of hydrogen-bond donors (Lipinski definition) is 0. The highest BCUT2D eigenvalue weighted by Crippen LogP contribution is 2.26. The summed E-state index contributed by atoms with van der Waals surface area (Å²) in [6.07, 6.45) is 4.38. The number of benzene rings is 1. The van der Waals surface area contributed by atoms with Gasteiger partial charge in [0.15, 0.2) is 0 Å². The number of halogens is 1.